The van der Waals surface area contributed by atoms with Gasteiger partial charge in [0.15, 0.2) is 9.84 Å². The summed E-state index contributed by atoms with van der Waals surface area (Å²) in [6.45, 7) is -0.845. The van der Waals surface area contributed by atoms with Gasteiger partial charge in [-0.2, -0.15) is 0 Å². The van der Waals surface area contributed by atoms with Crippen molar-refractivity contribution in [2.45, 2.75) is 12.8 Å². The van der Waals surface area contributed by atoms with Crippen LogP contribution in [0.5, 0.6) is 0 Å². The Morgan fingerprint density at radius 1 is 1.33 bits per heavy atom. The van der Waals surface area contributed by atoms with Crippen LogP contribution < -0.4 is 0 Å². The molecule has 1 heterocycles. The second-order valence-corrected chi connectivity index (χ2v) is 8.29. The Morgan fingerprint density at radius 2 is 2.00 bits per heavy atom. The number of halogens is 2. The van der Waals surface area contributed by atoms with Gasteiger partial charge in [-0.05, 0) is 30.9 Å². The summed E-state index contributed by atoms with van der Waals surface area (Å²) in [5, 5.41) is 19.7. The first-order chi connectivity index (χ1) is 9.83. The lowest BCUT2D eigenvalue weighted by atomic mass is 9.72. The molecular formula is C14H18ClFO4S. The van der Waals surface area contributed by atoms with Crippen molar-refractivity contribution in [2.24, 2.45) is 11.3 Å². The molecule has 1 saturated heterocycles. The average Bonchev–Trinajstić information content (AvgIpc) is 2.80. The van der Waals surface area contributed by atoms with Crippen molar-refractivity contribution in [3.05, 3.63) is 34.6 Å². The molecule has 0 amide bonds. The predicted molar refractivity (Wildman–Crippen MR) is 78.5 cm³/mol. The number of hydrogen-bond donors (Lipinski definition) is 2. The van der Waals surface area contributed by atoms with Crippen molar-refractivity contribution in [2.75, 3.05) is 24.7 Å². The van der Waals surface area contributed by atoms with Crippen LogP contribution >= 0.6 is 11.6 Å². The molecule has 0 spiro atoms. The number of sulfone groups is 1. The largest absolute Gasteiger partial charge is 0.396 e. The number of rotatable bonds is 5. The zero-order valence-electron chi connectivity index (χ0n) is 11.4. The molecule has 0 saturated carbocycles. The van der Waals surface area contributed by atoms with E-state index in [1.165, 1.54) is 18.2 Å². The van der Waals surface area contributed by atoms with Gasteiger partial charge in [0.25, 0.3) is 0 Å². The summed E-state index contributed by atoms with van der Waals surface area (Å²) < 4.78 is 37.2. The molecule has 1 fully saturated rings. The lowest BCUT2D eigenvalue weighted by molar-refractivity contribution is 0.0119. The van der Waals surface area contributed by atoms with Crippen molar-refractivity contribution in [1.82, 2.24) is 0 Å². The lowest BCUT2D eigenvalue weighted by Crippen LogP contribution is -2.41. The van der Waals surface area contributed by atoms with Gasteiger partial charge in [-0.1, -0.05) is 17.7 Å². The molecule has 4 nitrogen and oxygen atoms in total. The zero-order chi connectivity index (χ0) is 15.7. The molecule has 0 radical (unpaired) electrons. The SMILES string of the molecule is O=S1(=O)CCC(C(CO)(CO)Cc2c(F)cccc2Cl)C1. The zero-order valence-corrected chi connectivity index (χ0v) is 13.0. The maximum atomic E-state index is 13.9. The van der Waals surface area contributed by atoms with E-state index in [0.717, 1.165) is 0 Å². The van der Waals surface area contributed by atoms with E-state index in [4.69, 9.17) is 11.6 Å². The maximum absolute atomic E-state index is 13.9. The van der Waals surface area contributed by atoms with Crippen LogP contribution in [0.4, 0.5) is 4.39 Å². The Hall–Kier alpha value is -0.690. The van der Waals surface area contributed by atoms with Crippen molar-refractivity contribution in [3.63, 3.8) is 0 Å². The molecule has 0 bridgehead atoms. The normalized spacial score (nSPS) is 21.6. The van der Waals surface area contributed by atoms with Crippen LogP contribution in [-0.2, 0) is 16.3 Å². The summed E-state index contributed by atoms with van der Waals surface area (Å²) in [7, 11) is -3.16. The molecule has 1 unspecified atom stereocenters. The smallest absolute Gasteiger partial charge is 0.150 e. The van der Waals surface area contributed by atoms with E-state index in [9.17, 15) is 23.0 Å². The minimum atomic E-state index is -3.16. The highest BCUT2D eigenvalue weighted by atomic mass is 35.5. The Kier molecular flexibility index (Phi) is 4.92. The minimum Gasteiger partial charge on any atom is -0.396 e. The van der Waals surface area contributed by atoms with Crippen LogP contribution in [0.3, 0.4) is 0 Å². The van der Waals surface area contributed by atoms with Crippen LogP contribution in [0.2, 0.25) is 5.02 Å². The topological polar surface area (TPSA) is 74.6 Å². The minimum absolute atomic E-state index is 0.00565. The van der Waals surface area contributed by atoms with Crippen molar-refractivity contribution in [3.8, 4) is 0 Å². The molecule has 21 heavy (non-hydrogen) atoms. The molecule has 0 aromatic heterocycles. The Bertz CT molecular complexity index is 593. The molecule has 1 atom stereocenters. The molecule has 118 valence electrons. The summed E-state index contributed by atoms with van der Waals surface area (Å²) in [6, 6.07) is 4.26. The Balaban J connectivity index is 2.35. The monoisotopic (exact) mass is 336 g/mol. The fourth-order valence-electron chi connectivity index (χ4n) is 2.90. The highest BCUT2D eigenvalue weighted by Crippen LogP contribution is 2.40. The van der Waals surface area contributed by atoms with Crippen LogP contribution in [0.15, 0.2) is 18.2 Å². The van der Waals surface area contributed by atoms with Crippen LogP contribution in [-0.4, -0.2) is 43.4 Å². The third-order valence-corrected chi connectivity index (χ3v) is 6.44. The van der Waals surface area contributed by atoms with Gasteiger partial charge in [0.2, 0.25) is 0 Å². The second kappa shape index (κ2) is 6.20. The lowest BCUT2D eigenvalue weighted by Gasteiger charge is -2.35. The van der Waals surface area contributed by atoms with Gasteiger partial charge in [0.05, 0.1) is 24.7 Å². The van der Waals surface area contributed by atoms with Gasteiger partial charge < -0.3 is 10.2 Å². The van der Waals surface area contributed by atoms with E-state index in [1.54, 1.807) is 0 Å². The maximum Gasteiger partial charge on any atom is 0.150 e. The predicted octanol–water partition coefficient (Wildman–Crippen LogP) is 1.43. The summed E-state index contributed by atoms with van der Waals surface area (Å²) >= 11 is 5.99. The standard InChI is InChI=1S/C14H18ClFO4S/c15-12-2-1-3-13(16)11(12)6-14(8-17,9-18)10-4-5-21(19,20)7-10/h1-3,10,17-18H,4-9H2. The second-order valence-electron chi connectivity index (χ2n) is 5.66. The third kappa shape index (κ3) is 3.39. The van der Waals surface area contributed by atoms with Crippen molar-refractivity contribution in [1.29, 1.82) is 0 Å². The van der Waals surface area contributed by atoms with Gasteiger partial charge in [-0.25, -0.2) is 12.8 Å². The Morgan fingerprint density at radius 3 is 2.48 bits per heavy atom. The molecule has 1 aliphatic rings. The first kappa shape index (κ1) is 16.7. The number of benzene rings is 1. The molecule has 2 rings (SSSR count). The first-order valence-electron chi connectivity index (χ1n) is 6.68. The van der Waals surface area contributed by atoms with E-state index in [2.05, 4.69) is 0 Å². The van der Waals surface area contributed by atoms with E-state index in [-0.39, 0.29) is 28.5 Å². The van der Waals surface area contributed by atoms with Crippen LogP contribution in [0.1, 0.15) is 12.0 Å². The fraction of sp³-hybridized carbons (Fsp3) is 0.571. The number of aliphatic hydroxyl groups excluding tert-OH is 2. The summed E-state index contributed by atoms with van der Waals surface area (Å²) in [5.41, 5.74) is -0.887. The molecule has 7 heteroatoms. The van der Waals surface area contributed by atoms with E-state index >= 15 is 0 Å². The molecule has 1 aromatic carbocycles. The van der Waals surface area contributed by atoms with Gasteiger partial charge in [0.1, 0.15) is 5.82 Å². The highest BCUT2D eigenvalue weighted by molar-refractivity contribution is 7.91. The van der Waals surface area contributed by atoms with Crippen LogP contribution in [0.25, 0.3) is 0 Å². The third-order valence-electron chi connectivity index (χ3n) is 4.32. The fourth-order valence-corrected chi connectivity index (χ4v) is 5.07. The molecular weight excluding hydrogens is 319 g/mol. The van der Waals surface area contributed by atoms with E-state index in [1.807, 2.05) is 0 Å². The molecule has 0 aliphatic carbocycles. The molecule has 2 N–H and O–H groups in total. The summed E-state index contributed by atoms with van der Waals surface area (Å²) in [4.78, 5) is 0. The molecule has 1 aliphatic heterocycles. The molecule has 1 aromatic rings. The van der Waals surface area contributed by atoms with Gasteiger partial charge >= 0.3 is 0 Å². The van der Waals surface area contributed by atoms with Gasteiger partial charge in [0, 0.05) is 16.0 Å². The van der Waals surface area contributed by atoms with E-state index in [0.29, 0.717) is 6.42 Å². The van der Waals surface area contributed by atoms with E-state index < -0.39 is 40.2 Å². The number of hydrogen-bond acceptors (Lipinski definition) is 4. The van der Waals surface area contributed by atoms with Gasteiger partial charge in [-0.3, -0.25) is 0 Å². The van der Waals surface area contributed by atoms with Crippen molar-refractivity contribution < 1.29 is 23.0 Å². The average molecular weight is 337 g/mol. The van der Waals surface area contributed by atoms with Crippen molar-refractivity contribution >= 4 is 21.4 Å². The van der Waals surface area contributed by atoms with Crippen LogP contribution in [0, 0.1) is 17.2 Å². The number of aliphatic hydroxyl groups is 2. The summed E-state index contributed by atoms with van der Waals surface area (Å²) in [6.07, 6.45) is 0.362. The van der Waals surface area contributed by atoms with Gasteiger partial charge in [-0.15, -0.1) is 0 Å². The first-order valence-corrected chi connectivity index (χ1v) is 8.88. The highest BCUT2D eigenvalue weighted by Gasteiger charge is 2.44. The quantitative estimate of drug-likeness (QED) is 0.853. The summed E-state index contributed by atoms with van der Waals surface area (Å²) in [5.74, 6) is -0.993. The Labute approximate surface area is 128 Å².